The molecule has 1 aliphatic heterocycles. The number of hydrogen-bond donors (Lipinski definition) is 1. The third-order valence-corrected chi connectivity index (χ3v) is 6.72. The van der Waals surface area contributed by atoms with Gasteiger partial charge in [-0.1, -0.05) is 17.4 Å². The van der Waals surface area contributed by atoms with Gasteiger partial charge in [-0.05, 0) is 52.7 Å². The molecule has 5 rings (SSSR count). The van der Waals surface area contributed by atoms with Gasteiger partial charge in [0.15, 0.2) is 10.9 Å². The van der Waals surface area contributed by atoms with Crippen molar-refractivity contribution in [3.63, 3.8) is 0 Å². The summed E-state index contributed by atoms with van der Waals surface area (Å²) in [6, 6.07) is 11.5. The highest BCUT2D eigenvalue weighted by molar-refractivity contribution is 7.22. The van der Waals surface area contributed by atoms with Gasteiger partial charge in [0.05, 0.1) is 28.9 Å². The van der Waals surface area contributed by atoms with Gasteiger partial charge in [-0.25, -0.2) is 4.98 Å². The van der Waals surface area contributed by atoms with E-state index in [2.05, 4.69) is 9.97 Å². The van der Waals surface area contributed by atoms with Crippen LogP contribution in [0.5, 0.6) is 5.75 Å². The number of ether oxygens (including phenoxy) is 1. The summed E-state index contributed by atoms with van der Waals surface area (Å²) in [7, 11) is 1.58. The fraction of sp³-hybridized carbons (Fsp3) is 0.0909. The molecule has 9 heteroatoms. The first-order valence-corrected chi connectivity index (χ1v) is 11.0. The van der Waals surface area contributed by atoms with Gasteiger partial charge in [0.1, 0.15) is 11.4 Å². The number of hydrogen-bond acceptors (Lipinski definition) is 8. The number of aliphatic hydroxyl groups is 1. The molecule has 31 heavy (non-hydrogen) atoms. The van der Waals surface area contributed by atoms with Crippen LogP contribution in [0.4, 0.5) is 5.13 Å². The Kier molecular flexibility index (Phi) is 4.76. The Morgan fingerprint density at radius 2 is 2.06 bits per heavy atom. The lowest BCUT2D eigenvalue weighted by atomic mass is 9.99. The molecule has 0 spiro atoms. The predicted octanol–water partition coefficient (Wildman–Crippen LogP) is 4.39. The standard InChI is InChI=1S/C22H15N3O4S2/c1-29-13-5-6-14-16(10-13)31-22(24-14)25-18(12-7-9-30-11-12)17(20(27)21(25)28)19(26)15-4-2-3-8-23-15/h2-11,18,26H,1H3/b19-17+. The number of thiazole rings is 1. The van der Waals surface area contributed by atoms with Crippen molar-refractivity contribution < 1.29 is 19.4 Å². The fourth-order valence-corrected chi connectivity index (χ4v) is 5.24. The number of pyridine rings is 1. The number of methoxy groups -OCH3 is 1. The van der Waals surface area contributed by atoms with Crippen molar-refractivity contribution in [2.24, 2.45) is 0 Å². The van der Waals surface area contributed by atoms with E-state index in [1.807, 2.05) is 22.9 Å². The lowest BCUT2D eigenvalue weighted by molar-refractivity contribution is -0.132. The molecule has 0 saturated carbocycles. The minimum absolute atomic E-state index is 0.000985. The third-order valence-electron chi connectivity index (χ3n) is 5.00. The predicted molar refractivity (Wildman–Crippen MR) is 120 cm³/mol. The highest BCUT2D eigenvalue weighted by Gasteiger charge is 2.48. The second-order valence-corrected chi connectivity index (χ2v) is 8.56. The maximum atomic E-state index is 13.1. The van der Waals surface area contributed by atoms with Crippen molar-refractivity contribution in [3.8, 4) is 5.75 Å². The Labute approximate surface area is 184 Å². The lowest BCUT2D eigenvalue weighted by Crippen LogP contribution is -2.29. The molecular formula is C22H15N3O4S2. The van der Waals surface area contributed by atoms with E-state index in [1.165, 1.54) is 33.8 Å². The van der Waals surface area contributed by atoms with Crippen LogP contribution in [0.1, 0.15) is 17.3 Å². The zero-order valence-corrected chi connectivity index (χ0v) is 17.8. The Morgan fingerprint density at radius 3 is 2.77 bits per heavy atom. The molecular weight excluding hydrogens is 434 g/mol. The molecule has 0 bridgehead atoms. The first-order chi connectivity index (χ1) is 15.1. The minimum Gasteiger partial charge on any atom is -0.505 e. The highest BCUT2D eigenvalue weighted by Crippen LogP contribution is 2.44. The summed E-state index contributed by atoms with van der Waals surface area (Å²) < 4.78 is 6.10. The van der Waals surface area contributed by atoms with Crippen LogP contribution in [0.2, 0.25) is 0 Å². The molecule has 4 aromatic rings. The summed E-state index contributed by atoms with van der Waals surface area (Å²) >= 11 is 2.73. The average Bonchev–Trinajstić information content (AvgIpc) is 3.52. The Morgan fingerprint density at radius 1 is 1.19 bits per heavy atom. The van der Waals surface area contributed by atoms with E-state index in [1.54, 1.807) is 37.4 Å². The second kappa shape index (κ2) is 7.60. The van der Waals surface area contributed by atoms with Gasteiger partial charge >= 0.3 is 5.91 Å². The third kappa shape index (κ3) is 3.18. The number of Topliss-reactive ketones (excluding diaryl/α,β-unsaturated/α-hetero) is 1. The second-order valence-electron chi connectivity index (χ2n) is 6.77. The largest absolute Gasteiger partial charge is 0.505 e. The Bertz CT molecular complexity index is 1330. The summed E-state index contributed by atoms with van der Waals surface area (Å²) in [6.45, 7) is 0. The van der Waals surface area contributed by atoms with E-state index in [9.17, 15) is 14.7 Å². The van der Waals surface area contributed by atoms with Crippen molar-refractivity contribution in [1.82, 2.24) is 9.97 Å². The molecule has 4 heterocycles. The molecule has 1 amide bonds. The molecule has 3 aromatic heterocycles. The van der Waals surface area contributed by atoms with Gasteiger partial charge in [-0.3, -0.25) is 19.5 Å². The quantitative estimate of drug-likeness (QED) is 0.282. The van der Waals surface area contributed by atoms with E-state index in [0.29, 0.717) is 16.4 Å². The normalized spacial score (nSPS) is 18.1. The monoisotopic (exact) mass is 449 g/mol. The van der Waals surface area contributed by atoms with E-state index < -0.39 is 17.7 Å². The summed E-state index contributed by atoms with van der Waals surface area (Å²) in [5, 5.41) is 15.0. The Balaban J connectivity index is 1.70. The number of fused-ring (bicyclic) bond motifs is 1. The van der Waals surface area contributed by atoms with Crippen LogP contribution in [-0.2, 0) is 9.59 Å². The number of aliphatic hydroxyl groups excluding tert-OH is 1. The van der Waals surface area contributed by atoms with Crippen LogP contribution in [0.15, 0.2) is 65.0 Å². The molecule has 1 aliphatic rings. The number of benzene rings is 1. The first kappa shape index (κ1) is 19.4. The van der Waals surface area contributed by atoms with Crippen molar-refractivity contribution in [1.29, 1.82) is 0 Å². The maximum absolute atomic E-state index is 13.1. The zero-order chi connectivity index (χ0) is 21.5. The van der Waals surface area contributed by atoms with Crippen molar-refractivity contribution in [2.45, 2.75) is 6.04 Å². The number of anilines is 1. The zero-order valence-electron chi connectivity index (χ0n) is 16.2. The highest BCUT2D eigenvalue weighted by atomic mass is 32.1. The van der Waals surface area contributed by atoms with Crippen LogP contribution in [0, 0.1) is 0 Å². The van der Waals surface area contributed by atoms with Crippen LogP contribution in [0.25, 0.3) is 16.0 Å². The number of aromatic nitrogens is 2. The van der Waals surface area contributed by atoms with Crippen LogP contribution >= 0.6 is 22.7 Å². The van der Waals surface area contributed by atoms with E-state index in [0.717, 1.165) is 10.3 Å². The molecule has 1 N–H and O–H groups in total. The molecule has 7 nitrogen and oxygen atoms in total. The van der Waals surface area contributed by atoms with Gasteiger partial charge in [0.2, 0.25) is 0 Å². The van der Waals surface area contributed by atoms with Crippen molar-refractivity contribution in [3.05, 3.63) is 76.3 Å². The SMILES string of the molecule is COc1ccc2nc(N3C(=O)C(=O)/C(=C(/O)c4ccccn4)C3c3ccsc3)sc2c1. The van der Waals surface area contributed by atoms with Gasteiger partial charge in [-0.15, -0.1) is 0 Å². The van der Waals surface area contributed by atoms with Gasteiger partial charge in [-0.2, -0.15) is 11.3 Å². The molecule has 1 atom stereocenters. The average molecular weight is 450 g/mol. The van der Waals surface area contributed by atoms with E-state index in [-0.39, 0.29) is 17.0 Å². The summed E-state index contributed by atoms with van der Waals surface area (Å²) in [5.41, 5.74) is 1.64. The molecule has 154 valence electrons. The van der Waals surface area contributed by atoms with Crippen LogP contribution < -0.4 is 9.64 Å². The number of carbonyl (C=O) groups is 2. The smallest absolute Gasteiger partial charge is 0.301 e. The molecule has 1 aromatic carbocycles. The number of rotatable bonds is 4. The number of amides is 1. The molecule has 0 aliphatic carbocycles. The fourth-order valence-electron chi connectivity index (χ4n) is 3.54. The summed E-state index contributed by atoms with van der Waals surface area (Å²) in [5.74, 6) is -1.13. The minimum atomic E-state index is -0.796. The number of nitrogens with zero attached hydrogens (tertiary/aromatic N) is 3. The summed E-state index contributed by atoms with van der Waals surface area (Å²) in [4.78, 5) is 36.2. The van der Waals surface area contributed by atoms with E-state index in [4.69, 9.17) is 4.74 Å². The van der Waals surface area contributed by atoms with Crippen LogP contribution in [-0.4, -0.2) is 33.9 Å². The van der Waals surface area contributed by atoms with Gasteiger partial charge < -0.3 is 9.84 Å². The Hall–Kier alpha value is -3.56. The molecule has 1 unspecified atom stereocenters. The number of thiophene rings is 1. The van der Waals surface area contributed by atoms with Gasteiger partial charge in [0.25, 0.3) is 5.78 Å². The number of ketones is 1. The van der Waals surface area contributed by atoms with E-state index >= 15 is 0 Å². The molecule has 1 saturated heterocycles. The summed E-state index contributed by atoms with van der Waals surface area (Å²) in [6.07, 6.45) is 1.52. The van der Waals surface area contributed by atoms with Crippen molar-refractivity contribution in [2.75, 3.05) is 12.0 Å². The molecule has 0 radical (unpaired) electrons. The number of carbonyl (C=O) groups excluding carboxylic acids is 2. The first-order valence-electron chi connectivity index (χ1n) is 9.27. The topological polar surface area (TPSA) is 92.6 Å². The lowest BCUT2D eigenvalue weighted by Gasteiger charge is -2.21. The van der Waals surface area contributed by atoms with Crippen LogP contribution in [0.3, 0.4) is 0 Å². The van der Waals surface area contributed by atoms with Crippen molar-refractivity contribution >= 4 is 55.5 Å². The van der Waals surface area contributed by atoms with Gasteiger partial charge in [0, 0.05) is 6.20 Å². The maximum Gasteiger partial charge on any atom is 0.301 e. The molecule has 1 fully saturated rings.